The molecular formula is C10H14Br2N2O4S2. The zero-order valence-electron chi connectivity index (χ0n) is 10.7. The molecule has 0 saturated carbocycles. The topological polar surface area (TPSA) is 106 Å². The standard InChI is InChI=1S/C10H14Br2N2O4S2/c1-6(5-19(2,15)16)14-20(17,18)10-8(12)3-7(11)4-9(10)13/h3-4,6,14H,5,13H2,1-2H3. The summed E-state index contributed by atoms with van der Waals surface area (Å²) in [5, 5.41) is 0. The normalized spacial score (nSPS) is 14.2. The number of rotatable bonds is 5. The third-order valence-electron chi connectivity index (χ3n) is 2.21. The number of nitrogens with two attached hydrogens (primary N) is 1. The van der Waals surface area contributed by atoms with Gasteiger partial charge in [-0.25, -0.2) is 21.6 Å². The fourth-order valence-electron chi connectivity index (χ4n) is 1.68. The van der Waals surface area contributed by atoms with Gasteiger partial charge in [0.05, 0.1) is 11.4 Å². The molecular weight excluding hydrogens is 436 g/mol. The minimum atomic E-state index is -3.92. The van der Waals surface area contributed by atoms with Crippen LogP contribution in [-0.4, -0.2) is 34.9 Å². The Balaban J connectivity index is 3.13. The lowest BCUT2D eigenvalue weighted by Crippen LogP contribution is -2.37. The number of benzene rings is 1. The molecule has 10 heteroatoms. The third kappa shape index (κ3) is 4.99. The highest BCUT2D eigenvalue weighted by Gasteiger charge is 2.24. The highest BCUT2D eigenvalue weighted by molar-refractivity contribution is 9.11. The van der Waals surface area contributed by atoms with E-state index in [0.717, 1.165) is 6.26 Å². The molecule has 0 amide bonds. The molecule has 114 valence electrons. The van der Waals surface area contributed by atoms with Gasteiger partial charge in [-0.3, -0.25) is 0 Å². The molecule has 1 rings (SSSR count). The number of sulfone groups is 1. The molecule has 0 bridgehead atoms. The number of anilines is 1. The molecule has 1 aromatic carbocycles. The molecule has 3 N–H and O–H groups in total. The molecule has 1 aromatic rings. The monoisotopic (exact) mass is 448 g/mol. The Hall–Kier alpha value is -0.160. The fourth-order valence-corrected chi connectivity index (χ4v) is 6.09. The highest BCUT2D eigenvalue weighted by atomic mass is 79.9. The Morgan fingerprint density at radius 3 is 2.25 bits per heavy atom. The van der Waals surface area contributed by atoms with Crippen LogP contribution in [0.4, 0.5) is 5.69 Å². The Bertz CT molecular complexity index is 694. The van der Waals surface area contributed by atoms with E-state index in [1.54, 1.807) is 6.07 Å². The summed E-state index contributed by atoms with van der Waals surface area (Å²) < 4.78 is 50.1. The predicted octanol–water partition coefficient (Wildman–Crippen LogP) is 1.51. The molecule has 0 radical (unpaired) electrons. The Morgan fingerprint density at radius 2 is 1.80 bits per heavy atom. The van der Waals surface area contributed by atoms with Gasteiger partial charge < -0.3 is 5.73 Å². The van der Waals surface area contributed by atoms with Crippen molar-refractivity contribution in [1.29, 1.82) is 0 Å². The van der Waals surface area contributed by atoms with E-state index in [1.165, 1.54) is 13.0 Å². The van der Waals surface area contributed by atoms with Crippen molar-refractivity contribution in [2.45, 2.75) is 17.9 Å². The van der Waals surface area contributed by atoms with Gasteiger partial charge >= 0.3 is 0 Å². The van der Waals surface area contributed by atoms with E-state index in [2.05, 4.69) is 36.6 Å². The summed E-state index contributed by atoms with van der Waals surface area (Å²) in [6.07, 6.45) is 1.04. The summed E-state index contributed by atoms with van der Waals surface area (Å²) in [5.41, 5.74) is 5.77. The molecule has 0 fully saturated rings. The molecule has 6 nitrogen and oxygen atoms in total. The molecule has 0 aliphatic carbocycles. The van der Waals surface area contributed by atoms with Crippen LogP contribution < -0.4 is 10.5 Å². The van der Waals surface area contributed by atoms with Crippen molar-refractivity contribution in [2.24, 2.45) is 0 Å². The lowest BCUT2D eigenvalue weighted by Gasteiger charge is -2.15. The van der Waals surface area contributed by atoms with Crippen molar-refractivity contribution in [1.82, 2.24) is 4.72 Å². The molecule has 1 atom stereocenters. The number of hydrogen-bond donors (Lipinski definition) is 2. The quantitative estimate of drug-likeness (QED) is 0.662. The van der Waals surface area contributed by atoms with Crippen LogP contribution in [0.5, 0.6) is 0 Å². The number of nitrogens with one attached hydrogen (secondary N) is 1. The van der Waals surface area contributed by atoms with Crippen molar-refractivity contribution in [3.8, 4) is 0 Å². The summed E-state index contributed by atoms with van der Waals surface area (Å²) in [5.74, 6) is -0.291. The molecule has 0 aliphatic heterocycles. The first-order valence-corrected chi connectivity index (χ1v) is 10.5. The second-order valence-electron chi connectivity index (χ2n) is 4.42. The van der Waals surface area contributed by atoms with Gasteiger partial charge in [0, 0.05) is 21.2 Å². The van der Waals surface area contributed by atoms with Crippen LogP contribution in [0.3, 0.4) is 0 Å². The van der Waals surface area contributed by atoms with Gasteiger partial charge in [0.1, 0.15) is 14.7 Å². The second-order valence-corrected chi connectivity index (χ2v) is 10.0. The van der Waals surface area contributed by atoms with E-state index in [0.29, 0.717) is 8.95 Å². The maximum absolute atomic E-state index is 12.3. The van der Waals surface area contributed by atoms with Crippen LogP contribution in [0.15, 0.2) is 26.0 Å². The van der Waals surface area contributed by atoms with Gasteiger partial charge in [0.25, 0.3) is 0 Å². The molecule has 0 aliphatic rings. The first-order chi connectivity index (χ1) is 8.92. The second kappa shape index (κ2) is 6.30. The van der Waals surface area contributed by atoms with Crippen LogP contribution in [0.1, 0.15) is 6.92 Å². The van der Waals surface area contributed by atoms with Crippen LogP contribution >= 0.6 is 31.9 Å². The maximum atomic E-state index is 12.3. The first kappa shape index (κ1) is 17.9. The van der Waals surface area contributed by atoms with Crippen LogP contribution in [0.25, 0.3) is 0 Å². The van der Waals surface area contributed by atoms with Gasteiger partial charge in [-0.15, -0.1) is 0 Å². The molecule has 0 heterocycles. The predicted molar refractivity (Wildman–Crippen MR) is 85.7 cm³/mol. The lowest BCUT2D eigenvalue weighted by molar-refractivity contribution is 0.564. The average Bonchev–Trinajstić information content (AvgIpc) is 2.08. The zero-order valence-corrected chi connectivity index (χ0v) is 15.5. The highest BCUT2D eigenvalue weighted by Crippen LogP contribution is 2.31. The molecule has 0 saturated heterocycles. The van der Waals surface area contributed by atoms with E-state index in [4.69, 9.17) is 5.73 Å². The van der Waals surface area contributed by atoms with Crippen molar-refractivity contribution >= 4 is 57.4 Å². The minimum Gasteiger partial charge on any atom is -0.398 e. The van der Waals surface area contributed by atoms with E-state index in [1.807, 2.05) is 0 Å². The van der Waals surface area contributed by atoms with E-state index >= 15 is 0 Å². The zero-order chi connectivity index (χ0) is 15.7. The summed E-state index contributed by atoms with van der Waals surface area (Å²) in [6.45, 7) is 1.47. The lowest BCUT2D eigenvalue weighted by atomic mass is 10.3. The first-order valence-electron chi connectivity index (χ1n) is 5.37. The summed E-state index contributed by atoms with van der Waals surface area (Å²) in [4.78, 5) is -0.110. The molecule has 1 unspecified atom stereocenters. The van der Waals surface area contributed by atoms with Crippen molar-refractivity contribution in [2.75, 3.05) is 17.7 Å². The Morgan fingerprint density at radius 1 is 1.25 bits per heavy atom. The molecule has 20 heavy (non-hydrogen) atoms. The van der Waals surface area contributed by atoms with Gasteiger partial charge in [0.15, 0.2) is 0 Å². The van der Waals surface area contributed by atoms with E-state index in [9.17, 15) is 16.8 Å². The number of halogens is 2. The SMILES string of the molecule is CC(CS(C)(=O)=O)NS(=O)(=O)c1c(N)cc(Br)cc1Br. The van der Waals surface area contributed by atoms with Crippen molar-refractivity contribution in [3.63, 3.8) is 0 Å². The third-order valence-corrected chi connectivity index (χ3v) is 6.37. The van der Waals surface area contributed by atoms with Crippen LogP contribution in [-0.2, 0) is 19.9 Å². The fraction of sp³-hybridized carbons (Fsp3) is 0.400. The summed E-state index contributed by atoms with van der Waals surface area (Å²) in [6, 6.07) is 2.25. The van der Waals surface area contributed by atoms with Crippen LogP contribution in [0, 0.1) is 0 Å². The average molecular weight is 450 g/mol. The van der Waals surface area contributed by atoms with E-state index < -0.39 is 25.9 Å². The van der Waals surface area contributed by atoms with E-state index in [-0.39, 0.29) is 16.3 Å². The number of sulfonamides is 1. The van der Waals surface area contributed by atoms with Gasteiger partial charge in [0.2, 0.25) is 10.0 Å². The maximum Gasteiger partial charge on any atom is 0.244 e. The van der Waals surface area contributed by atoms with Crippen LogP contribution in [0.2, 0.25) is 0 Å². The summed E-state index contributed by atoms with van der Waals surface area (Å²) >= 11 is 6.34. The van der Waals surface area contributed by atoms with Gasteiger partial charge in [-0.05, 0) is 35.0 Å². The number of nitrogen functional groups attached to an aromatic ring is 1. The largest absolute Gasteiger partial charge is 0.398 e. The van der Waals surface area contributed by atoms with Gasteiger partial charge in [-0.2, -0.15) is 0 Å². The Labute approximate surface area is 135 Å². The Kier molecular flexibility index (Phi) is 5.64. The smallest absolute Gasteiger partial charge is 0.244 e. The molecule has 0 spiro atoms. The summed E-state index contributed by atoms with van der Waals surface area (Å²) in [7, 11) is -7.20. The van der Waals surface area contributed by atoms with Gasteiger partial charge in [-0.1, -0.05) is 15.9 Å². The number of hydrogen-bond acceptors (Lipinski definition) is 5. The minimum absolute atomic E-state index is 0.0605. The molecule has 0 aromatic heterocycles. The van der Waals surface area contributed by atoms with Crippen molar-refractivity contribution in [3.05, 3.63) is 21.1 Å². The van der Waals surface area contributed by atoms with Crippen molar-refractivity contribution < 1.29 is 16.8 Å².